The highest BCUT2D eigenvalue weighted by atomic mass is 35.5. The Morgan fingerprint density at radius 2 is 2.19 bits per heavy atom. The third-order valence-corrected chi connectivity index (χ3v) is 3.15. The Bertz CT molecular complexity index is 376. The van der Waals surface area contributed by atoms with E-state index in [9.17, 15) is 4.79 Å². The summed E-state index contributed by atoms with van der Waals surface area (Å²) in [5.41, 5.74) is 7.12. The summed E-state index contributed by atoms with van der Waals surface area (Å²) in [5.74, 6) is 0.165. The molecule has 0 aliphatic rings. The van der Waals surface area contributed by atoms with Gasteiger partial charge in [-0.3, -0.25) is 4.79 Å². The summed E-state index contributed by atoms with van der Waals surface area (Å²) in [7, 11) is 0. The number of Topliss-reactive ketones (excluding diaryl/α,β-unsaturated/α-hetero) is 1. The van der Waals surface area contributed by atoms with Gasteiger partial charge in [0.25, 0.3) is 0 Å². The van der Waals surface area contributed by atoms with Crippen molar-refractivity contribution in [3.8, 4) is 0 Å². The lowest BCUT2D eigenvalue weighted by Gasteiger charge is -2.10. The highest BCUT2D eigenvalue weighted by Crippen LogP contribution is 2.20. The molecule has 88 valence electrons. The molecule has 0 radical (unpaired) electrons. The van der Waals surface area contributed by atoms with Crippen LogP contribution in [-0.4, -0.2) is 12.3 Å². The van der Waals surface area contributed by atoms with Crippen LogP contribution >= 0.6 is 11.6 Å². The Morgan fingerprint density at radius 1 is 1.50 bits per heavy atom. The van der Waals surface area contributed by atoms with Crippen molar-refractivity contribution in [3.63, 3.8) is 0 Å². The molecule has 2 N–H and O–H groups in total. The van der Waals surface area contributed by atoms with Crippen LogP contribution in [0.4, 0.5) is 0 Å². The third kappa shape index (κ3) is 3.32. The smallest absolute Gasteiger partial charge is 0.165 e. The fourth-order valence-corrected chi connectivity index (χ4v) is 1.77. The molecule has 0 bridgehead atoms. The number of hydrogen-bond donors (Lipinski definition) is 1. The second-order valence-corrected chi connectivity index (χ2v) is 4.57. The van der Waals surface area contributed by atoms with Crippen molar-refractivity contribution in [3.05, 3.63) is 34.3 Å². The van der Waals surface area contributed by atoms with Gasteiger partial charge in [-0.25, -0.2) is 0 Å². The topological polar surface area (TPSA) is 43.1 Å². The summed E-state index contributed by atoms with van der Waals surface area (Å²) < 4.78 is 0. The van der Waals surface area contributed by atoms with Gasteiger partial charge in [-0.05, 0) is 37.9 Å². The summed E-state index contributed by atoms with van der Waals surface area (Å²) in [6, 6.07) is 5.46. The first-order chi connectivity index (χ1) is 7.56. The standard InChI is InChI=1S/C13H18ClNO/c1-9-5-6-11(8-12(9)14)13(16)10(2)4-3-7-15/h5-6,8,10H,3-4,7,15H2,1-2H3. The van der Waals surface area contributed by atoms with E-state index >= 15 is 0 Å². The first kappa shape index (κ1) is 13.2. The third-order valence-electron chi connectivity index (χ3n) is 2.75. The Labute approximate surface area is 102 Å². The number of ketones is 1. The molecule has 0 amide bonds. The molecular weight excluding hydrogens is 222 g/mol. The van der Waals surface area contributed by atoms with E-state index in [4.69, 9.17) is 17.3 Å². The molecule has 0 heterocycles. The molecule has 0 saturated heterocycles. The fourth-order valence-electron chi connectivity index (χ4n) is 1.59. The lowest BCUT2D eigenvalue weighted by molar-refractivity contribution is 0.0923. The molecule has 0 aliphatic carbocycles. The fraction of sp³-hybridized carbons (Fsp3) is 0.462. The number of benzene rings is 1. The van der Waals surface area contributed by atoms with E-state index in [2.05, 4.69) is 0 Å². The van der Waals surface area contributed by atoms with Crippen LogP contribution in [0.3, 0.4) is 0 Å². The van der Waals surface area contributed by atoms with Crippen molar-refractivity contribution in [2.24, 2.45) is 11.7 Å². The minimum absolute atomic E-state index is 0.0160. The van der Waals surface area contributed by atoms with Gasteiger partial charge in [-0.2, -0.15) is 0 Å². The minimum Gasteiger partial charge on any atom is -0.330 e. The molecule has 16 heavy (non-hydrogen) atoms. The van der Waals surface area contributed by atoms with Crippen LogP contribution in [0.15, 0.2) is 18.2 Å². The molecule has 1 rings (SSSR count). The number of hydrogen-bond acceptors (Lipinski definition) is 2. The van der Waals surface area contributed by atoms with Crippen molar-refractivity contribution in [2.45, 2.75) is 26.7 Å². The van der Waals surface area contributed by atoms with Crippen LogP contribution in [0, 0.1) is 12.8 Å². The van der Waals surface area contributed by atoms with Crippen molar-refractivity contribution in [2.75, 3.05) is 6.54 Å². The molecular formula is C13H18ClNO. The zero-order chi connectivity index (χ0) is 12.1. The molecule has 2 nitrogen and oxygen atoms in total. The molecule has 1 unspecified atom stereocenters. The average molecular weight is 240 g/mol. The van der Waals surface area contributed by atoms with Gasteiger partial charge in [0.05, 0.1) is 0 Å². The normalized spacial score (nSPS) is 12.5. The van der Waals surface area contributed by atoms with E-state index < -0.39 is 0 Å². The number of nitrogens with two attached hydrogens (primary N) is 1. The molecule has 1 aromatic carbocycles. The van der Waals surface area contributed by atoms with Crippen LogP contribution in [0.2, 0.25) is 5.02 Å². The summed E-state index contributed by atoms with van der Waals surface area (Å²) in [5, 5.41) is 0.650. The number of carbonyl (C=O) groups excluding carboxylic acids is 1. The quantitative estimate of drug-likeness (QED) is 0.802. The Kier molecular flexibility index (Phi) is 4.97. The van der Waals surface area contributed by atoms with Crippen molar-refractivity contribution in [1.82, 2.24) is 0 Å². The van der Waals surface area contributed by atoms with Crippen LogP contribution < -0.4 is 5.73 Å². The van der Waals surface area contributed by atoms with E-state index in [0.29, 0.717) is 17.1 Å². The van der Waals surface area contributed by atoms with Gasteiger partial charge < -0.3 is 5.73 Å². The van der Waals surface area contributed by atoms with Gasteiger partial charge >= 0.3 is 0 Å². The number of aryl methyl sites for hydroxylation is 1. The van der Waals surface area contributed by atoms with Crippen molar-refractivity contribution in [1.29, 1.82) is 0 Å². The van der Waals surface area contributed by atoms with Gasteiger partial charge in [-0.15, -0.1) is 0 Å². The summed E-state index contributed by atoms with van der Waals surface area (Å²) in [6.07, 6.45) is 1.72. The lowest BCUT2D eigenvalue weighted by Crippen LogP contribution is -2.13. The molecule has 0 fully saturated rings. The average Bonchev–Trinajstić information content (AvgIpc) is 2.28. The Hall–Kier alpha value is -0.860. The lowest BCUT2D eigenvalue weighted by atomic mass is 9.94. The van der Waals surface area contributed by atoms with Crippen LogP contribution in [0.5, 0.6) is 0 Å². The summed E-state index contributed by atoms with van der Waals surface area (Å²) in [6.45, 7) is 4.49. The molecule has 1 atom stereocenters. The van der Waals surface area contributed by atoms with Crippen LogP contribution in [0.25, 0.3) is 0 Å². The van der Waals surface area contributed by atoms with E-state index in [0.717, 1.165) is 18.4 Å². The minimum atomic E-state index is 0.0160. The monoisotopic (exact) mass is 239 g/mol. The van der Waals surface area contributed by atoms with Crippen LogP contribution in [-0.2, 0) is 0 Å². The predicted octanol–water partition coefficient (Wildman–Crippen LogP) is 3.21. The zero-order valence-corrected chi connectivity index (χ0v) is 10.6. The maximum Gasteiger partial charge on any atom is 0.165 e. The van der Waals surface area contributed by atoms with Gasteiger partial charge in [0.2, 0.25) is 0 Å². The van der Waals surface area contributed by atoms with E-state index in [1.165, 1.54) is 0 Å². The SMILES string of the molecule is Cc1ccc(C(=O)C(C)CCCN)cc1Cl. The van der Waals surface area contributed by atoms with Crippen molar-refractivity contribution < 1.29 is 4.79 Å². The number of rotatable bonds is 5. The number of halogens is 1. The highest BCUT2D eigenvalue weighted by molar-refractivity contribution is 6.31. The second kappa shape index (κ2) is 6.02. The molecule has 1 aromatic rings. The first-order valence-electron chi connectivity index (χ1n) is 5.56. The maximum absolute atomic E-state index is 12.0. The van der Waals surface area contributed by atoms with Gasteiger partial charge in [0.15, 0.2) is 5.78 Å². The predicted molar refractivity (Wildman–Crippen MR) is 68.0 cm³/mol. The number of carbonyl (C=O) groups is 1. The van der Waals surface area contributed by atoms with E-state index in [-0.39, 0.29) is 11.7 Å². The Balaban J connectivity index is 2.76. The van der Waals surface area contributed by atoms with Crippen molar-refractivity contribution >= 4 is 17.4 Å². The molecule has 0 aliphatic heterocycles. The zero-order valence-electron chi connectivity index (χ0n) is 9.79. The molecule has 0 spiro atoms. The van der Waals surface area contributed by atoms with Gasteiger partial charge in [-0.1, -0.05) is 30.7 Å². The van der Waals surface area contributed by atoms with Gasteiger partial charge in [0, 0.05) is 16.5 Å². The largest absolute Gasteiger partial charge is 0.330 e. The molecule has 3 heteroatoms. The van der Waals surface area contributed by atoms with E-state index in [1.54, 1.807) is 6.07 Å². The van der Waals surface area contributed by atoms with E-state index in [1.807, 2.05) is 26.0 Å². The highest BCUT2D eigenvalue weighted by Gasteiger charge is 2.15. The Morgan fingerprint density at radius 3 is 2.75 bits per heavy atom. The first-order valence-corrected chi connectivity index (χ1v) is 5.94. The summed E-state index contributed by atoms with van der Waals surface area (Å²) in [4.78, 5) is 12.0. The second-order valence-electron chi connectivity index (χ2n) is 4.16. The summed E-state index contributed by atoms with van der Waals surface area (Å²) >= 11 is 5.99. The maximum atomic E-state index is 12.0. The molecule has 0 saturated carbocycles. The van der Waals surface area contributed by atoms with Gasteiger partial charge in [0.1, 0.15) is 0 Å². The van der Waals surface area contributed by atoms with Crippen LogP contribution in [0.1, 0.15) is 35.7 Å². The molecule has 0 aromatic heterocycles.